The van der Waals surface area contributed by atoms with Crippen LogP contribution in [0.5, 0.6) is 11.5 Å². The Balaban J connectivity index is 1.57. The van der Waals surface area contributed by atoms with Crippen molar-refractivity contribution in [3.05, 3.63) is 83.6 Å². The van der Waals surface area contributed by atoms with Crippen LogP contribution in [0.25, 0.3) is 10.9 Å². The maximum absolute atomic E-state index is 13.7. The molecular formula is C24H19N3O3. The second-order valence-electron chi connectivity index (χ2n) is 7.51. The van der Waals surface area contributed by atoms with E-state index < -0.39 is 0 Å². The van der Waals surface area contributed by atoms with Gasteiger partial charge in [-0.05, 0) is 37.3 Å². The molecule has 3 aromatic carbocycles. The van der Waals surface area contributed by atoms with Crippen LogP contribution in [0.4, 0.5) is 11.4 Å². The van der Waals surface area contributed by atoms with E-state index in [9.17, 15) is 4.79 Å². The van der Waals surface area contributed by atoms with Gasteiger partial charge in [0, 0.05) is 33.9 Å². The number of benzene rings is 3. The molecule has 0 unspecified atom stereocenters. The maximum Gasteiger partial charge on any atom is 0.262 e. The lowest BCUT2D eigenvalue weighted by molar-refractivity contribution is 0.0975. The van der Waals surface area contributed by atoms with Crippen molar-refractivity contribution in [1.29, 1.82) is 0 Å². The van der Waals surface area contributed by atoms with E-state index in [1.54, 1.807) is 4.90 Å². The number of ether oxygens (including phenoxy) is 2. The first kappa shape index (κ1) is 17.0. The van der Waals surface area contributed by atoms with Crippen LogP contribution in [0.1, 0.15) is 27.8 Å². The normalized spacial score (nSPS) is 17.2. The average Bonchev–Trinajstić information content (AvgIpc) is 3.36. The van der Waals surface area contributed by atoms with Crippen LogP contribution in [-0.2, 0) is 0 Å². The molecule has 0 radical (unpaired) electrons. The summed E-state index contributed by atoms with van der Waals surface area (Å²) < 4.78 is 11.0. The molecular weight excluding hydrogens is 378 g/mol. The number of fused-ring (bicyclic) bond motifs is 3. The number of nitrogens with zero attached hydrogens (tertiary/aromatic N) is 1. The van der Waals surface area contributed by atoms with Gasteiger partial charge in [0.05, 0.1) is 11.3 Å². The van der Waals surface area contributed by atoms with E-state index in [0.29, 0.717) is 17.1 Å². The molecule has 0 fully saturated rings. The Morgan fingerprint density at radius 1 is 0.967 bits per heavy atom. The van der Waals surface area contributed by atoms with Crippen molar-refractivity contribution in [2.45, 2.75) is 13.1 Å². The van der Waals surface area contributed by atoms with Gasteiger partial charge in [-0.15, -0.1) is 0 Å². The average molecular weight is 397 g/mol. The van der Waals surface area contributed by atoms with Crippen molar-refractivity contribution < 1.29 is 14.3 Å². The lowest BCUT2D eigenvalue weighted by Crippen LogP contribution is -2.43. The standard InChI is InChI=1S/C24H19N3O3/c1-14-22(16-6-2-4-8-18(16)25-14)23-26-19-9-5-3-7-17(19)24(28)27(23)15-10-11-20-21(12-15)30-13-29-20/h2-12,23,25-26H,13H2,1H3/t23-/m0/s1. The number of hydrogen-bond acceptors (Lipinski definition) is 4. The zero-order valence-electron chi connectivity index (χ0n) is 16.3. The van der Waals surface area contributed by atoms with Crippen LogP contribution in [0, 0.1) is 6.92 Å². The summed E-state index contributed by atoms with van der Waals surface area (Å²) in [6.07, 6.45) is -0.371. The Labute approximate surface area is 173 Å². The highest BCUT2D eigenvalue weighted by Crippen LogP contribution is 2.43. The third-order valence-electron chi connectivity index (χ3n) is 5.78. The molecule has 30 heavy (non-hydrogen) atoms. The first-order valence-corrected chi connectivity index (χ1v) is 9.87. The van der Waals surface area contributed by atoms with Crippen molar-refractivity contribution in [1.82, 2.24) is 4.98 Å². The third-order valence-corrected chi connectivity index (χ3v) is 5.78. The zero-order chi connectivity index (χ0) is 20.2. The van der Waals surface area contributed by atoms with Gasteiger partial charge in [0.25, 0.3) is 5.91 Å². The van der Waals surface area contributed by atoms with E-state index in [1.165, 1.54) is 0 Å². The van der Waals surface area contributed by atoms with Gasteiger partial charge in [-0.1, -0.05) is 30.3 Å². The summed E-state index contributed by atoms with van der Waals surface area (Å²) >= 11 is 0. The molecule has 0 saturated heterocycles. The first-order valence-electron chi connectivity index (χ1n) is 9.87. The van der Waals surface area contributed by atoms with E-state index in [1.807, 2.05) is 61.5 Å². The quantitative estimate of drug-likeness (QED) is 0.501. The molecule has 6 nitrogen and oxygen atoms in total. The molecule has 1 atom stereocenters. The summed E-state index contributed by atoms with van der Waals surface area (Å²) in [5.41, 5.74) is 5.33. The summed E-state index contributed by atoms with van der Waals surface area (Å²) in [5.74, 6) is 1.28. The highest BCUT2D eigenvalue weighted by Gasteiger charge is 2.36. The van der Waals surface area contributed by atoms with Gasteiger partial charge in [0.1, 0.15) is 6.17 Å². The van der Waals surface area contributed by atoms with Crippen molar-refractivity contribution in [3.8, 4) is 11.5 Å². The Kier molecular flexibility index (Phi) is 3.56. The fraction of sp³-hybridized carbons (Fsp3) is 0.125. The van der Waals surface area contributed by atoms with Gasteiger partial charge in [-0.3, -0.25) is 9.69 Å². The minimum absolute atomic E-state index is 0.0575. The Morgan fingerprint density at radius 2 is 1.77 bits per heavy atom. The number of aromatic amines is 1. The molecule has 2 aliphatic heterocycles. The summed E-state index contributed by atoms with van der Waals surface area (Å²) in [5, 5.41) is 4.68. The van der Waals surface area contributed by atoms with E-state index in [0.717, 1.165) is 33.5 Å². The van der Waals surface area contributed by atoms with E-state index >= 15 is 0 Å². The number of aromatic nitrogens is 1. The molecule has 2 aliphatic rings. The number of aryl methyl sites for hydroxylation is 1. The van der Waals surface area contributed by atoms with Crippen LogP contribution in [0.15, 0.2) is 66.7 Å². The lowest BCUT2D eigenvalue weighted by Gasteiger charge is -2.38. The van der Waals surface area contributed by atoms with Gasteiger partial charge in [0.2, 0.25) is 6.79 Å². The maximum atomic E-state index is 13.7. The van der Waals surface area contributed by atoms with E-state index in [2.05, 4.69) is 22.4 Å². The summed E-state index contributed by atoms with van der Waals surface area (Å²) in [4.78, 5) is 18.9. The molecule has 0 bridgehead atoms. The monoisotopic (exact) mass is 397 g/mol. The van der Waals surface area contributed by atoms with Crippen LogP contribution < -0.4 is 19.7 Å². The lowest BCUT2D eigenvalue weighted by atomic mass is 10.0. The minimum atomic E-state index is -0.371. The summed E-state index contributed by atoms with van der Waals surface area (Å²) in [6, 6.07) is 21.4. The van der Waals surface area contributed by atoms with Gasteiger partial charge < -0.3 is 19.8 Å². The van der Waals surface area contributed by atoms with Gasteiger partial charge in [-0.25, -0.2) is 0 Å². The number of anilines is 2. The number of carbonyl (C=O) groups excluding carboxylic acids is 1. The Morgan fingerprint density at radius 3 is 2.70 bits per heavy atom. The highest BCUT2D eigenvalue weighted by atomic mass is 16.7. The molecule has 2 N–H and O–H groups in total. The second-order valence-corrected chi connectivity index (χ2v) is 7.51. The van der Waals surface area contributed by atoms with Gasteiger partial charge >= 0.3 is 0 Å². The number of rotatable bonds is 2. The number of para-hydroxylation sites is 2. The van der Waals surface area contributed by atoms with E-state index in [4.69, 9.17) is 9.47 Å². The molecule has 6 rings (SSSR count). The SMILES string of the molecule is Cc1[nH]c2ccccc2c1[C@H]1Nc2ccccc2C(=O)N1c1ccc2c(c1)OCO2. The third kappa shape index (κ3) is 2.40. The molecule has 6 heteroatoms. The number of H-pyrrole nitrogens is 1. The minimum Gasteiger partial charge on any atom is -0.454 e. The van der Waals surface area contributed by atoms with Crippen molar-refractivity contribution >= 4 is 28.2 Å². The molecule has 3 heterocycles. The first-order chi connectivity index (χ1) is 14.7. The van der Waals surface area contributed by atoms with Crippen LogP contribution in [0.2, 0.25) is 0 Å². The molecule has 1 aromatic heterocycles. The predicted molar refractivity (Wildman–Crippen MR) is 115 cm³/mol. The van der Waals surface area contributed by atoms with Gasteiger partial charge in [-0.2, -0.15) is 0 Å². The molecule has 148 valence electrons. The van der Waals surface area contributed by atoms with Crippen molar-refractivity contribution in [2.24, 2.45) is 0 Å². The van der Waals surface area contributed by atoms with Crippen molar-refractivity contribution in [3.63, 3.8) is 0 Å². The smallest absolute Gasteiger partial charge is 0.262 e. The molecule has 0 aliphatic carbocycles. The molecule has 1 amide bonds. The highest BCUT2D eigenvalue weighted by molar-refractivity contribution is 6.12. The van der Waals surface area contributed by atoms with Crippen LogP contribution in [0.3, 0.4) is 0 Å². The number of hydrogen-bond donors (Lipinski definition) is 2. The number of carbonyl (C=O) groups is 1. The van der Waals surface area contributed by atoms with Crippen LogP contribution in [-0.4, -0.2) is 17.7 Å². The predicted octanol–water partition coefficient (Wildman–Crippen LogP) is 4.98. The Bertz CT molecular complexity index is 1310. The largest absolute Gasteiger partial charge is 0.454 e. The van der Waals surface area contributed by atoms with Crippen LogP contribution >= 0.6 is 0 Å². The second kappa shape index (κ2) is 6.29. The summed E-state index contributed by atoms with van der Waals surface area (Å²) in [6.45, 7) is 2.23. The number of nitrogens with one attached hydrogen (secondary N) is 2. The van der Waals surface area contributed by atoms with Crippen molar-refractivity contribution in [2.75, 3.05) is 17.0 Å². The van der Waals surface area contributed by atoms with Gasteiger partial charge in [0.15, 0.2) is 11.5 Å². The van der Waals surface area contributed by atoms with E-state index in [-0.39, 0.29) is 18.9 Å². The zero-order valence-corrected chi connectivity index (χ0v) is 16.3. The molecule has 4 aromatic rings. The molecule has 0 saturated carbocycles. The number of amides is 1. The Hall–Kier alpha value is -3.93. The molecule has 0 spiro atoms. The summed E-state index contributed by atoms with van der Waals surface area (Å²) in [7, 11) is 0. The fourth-order valence-electron chi connectivity index (χ4n) is 4.41. The fourth-order valence-corrected chi connectivity index (χ4v) is 4.41. The topological polar surface area (TPSA) is 66.6 Å².